The molecule has 0 spiro atoms. The van der Waals surface area contributed by atoms with Crippen LogP contribution in [0.5, 0.6) is 5.75 Å². The SMILES string of the molecule is COc1ccc(S(=O)(=O)N2C(=O)N[C@H](OC)[C@H]2OC)cc1. The lowest BCUT2D eigenvalue weighted by atomic mass is 10.3. The largest absolute Gasteiger partial charge is 0.497 e. The average molecular weight is 316 g/mol. The molecule has 1 aliphatic rings. The highest BCUT2D eigenvalue weighted by Crippen LogP contribution is 2.26. The zero-order valence-corrected chi connectivity index (χ0v) is 12.6. The molecule has 2 atom stereocenters. The first kappa shape index (κ1) is 15.5. The van der Waals surface area contributed by atoms with E-state index in [-0.39, 0.29) is 4.90 Å². The smallest absolute Gasteiger partial charge is 0.335 e. The van der Waals surface area contributed by atoms with Gasteiger partial charge in [-0.05, 0) is 24.3 Å². The molecule has 1 aliphatic heterocycles. The lowest BCUT2D eigenvalue weighted by Crippen LogP contribution is -2.42. The molecule has 0 unspecified atom stereocenters. The summed E-state index contributed by atoms with van der Waals surface area (Å²) in [6, 6.07) is 4.90. The number of hydrogen-bond donors (Lipinski definition) is 1. The first-order valence-corrected chi connectivity index (χ1v) is 7.44. The number of rotatable bonds is 5. The normalized spacial score (nSPS) is 22.2. The van der Waals surface area contributed by atoms with Gasteiger partial charge in [0.2, 0.25) is 0 Å². The summed E-state index contributed by atoms with van der Waals surface area (Å²) in [7, 11) is 0.0642. The zero-order valence-electron chi connectivity index (χ0n) is 11.8. The molecule has 2 rings (SSSR count). The molecule has 0 saturated carbocycles. The summed E-state index contributed by atoms with van der Waals surface area (Å²) in [6.07, 6.45) is -1.94. The van der Waals surface area contributed by atoms with Gasteiger partial charge in [-0.3, -0.25) is 0 Å². The van der Waals surface area contributed by atoms with E-state index in [0.29, 0.717) is 10.1 Å². The van der Waals surface area contributed by atoms with Gasteiger partial charge in [0, 0.05) is 14.2 Å². The summed E-state index contributed by atoms with van der Waals surface area (Å²) in [6.45, 7) is 0. The Hall–Kier alpha value is -1.84. The maximum atomic E-state index is 12.6. The Labute approximate surface area is 122 Å². The van der Waals surface area contributed by atoms with E-state index in [0.717, 1.165) is 0 Å². The van der Waals surface area contributed by atoms with Crippen LogP contribution in [0.4, 0.5) is 4.79 Å². The molecule has 1 fully saturated rings. The number of ether oxygens (including phenoxy) is 3. The number of carbonyl (C=O) groups is 1. The number of carbonyl (C=O) groups excluding carboxylic acids is 1. The molecule has 0 bridgehead atoms. The Kier molecular flexibility index (Phi) is 4.35. The Bertz CT molecular complexity index is 615. The quantitative estimate of drug-likeness (QED) is 0.842. The van der Waals surface area contributed by atoms with E-state index in [2.05, 4.69) is 5.32 Å². The van der Waals surface area contributed by atoms with Crippen LogP contribution in [0.25, 0.3) is 0 Å². The highest BCUT2D eigenvalue weighted by molar-refractivity contribution is 7.89. The molecular formula is C12H16N2O6S. The summed E-state index contributed by atoms with van der Waals surface area (Å²) in [5.41, 5.74) is 0. The van der Waals surface area contributed by atoms with E-state index in [1.807, 2.05) is 0 Å². The van der Waals surface area contributed by atoms with Crippen molar-refractivity contribution in [2.24, 2.45) is 0 Å². The fraction of sp³-hybridized carbons (Fsp3) is 0.417. The van der Waals surface area contributed by atoms with Crippen LogP contribution in [0.3, 0.4) is 0 Å². The maximum Gasteiger partial charge on any atom is 0.335 e. The summed E-state index contributed by atoms with van der Waals surface area (Å²) < 4.78 is 40.8. The molecule has 0 aliphatic carbocycles. The third kappa shape index (κ3) is 2.67. The number of hydrogen-bond acceptors (Lipinski definition) is 6. The number of amides is 2. The molecule has 8 nitrogen and oxygen atoms in total. The number of nitrogens with zero attached hydrogens (tertiary/aromatic N) is 1. The van der Waals surface area contributed by atoms with Crippen molar-refractivity contribution in [2.45, 2.75) is 17.4 Å². The Morgan fingerprint density at radius 3 is 2.19 bits per heavy atom. The minimum Gasteiger partial charge on any atom is -0.497 e. The van der Waals surface area contributed by atoms with Crippen molar-refractivity contribution in [3.8, 4) is 5.75 Å². The van der Waals surface area contributed by atoms with Crippen LogP contribution >= 0.6 is 0 Å². The number of sulfonamides is 1. The first-order chi connectivity index (χ1) is 9.95. The molecule has 2 amide bonds. The monoisotopic (exact) mass is 316 g/mol. The van der Waals surface area contributed by atoms with E-state index >= 15 is 0 Å². The standard InChI is InChI=1S/C12H16N2O6S/c1-18-8-4-6-9(7-5-8)21(16,17)14-11(20-3)10(19-2)13-12(14)15/h4-7,10-11H,1-3H3,(H,13,15)/t10-,11-/m1/s1. The van der Waals surface area contributed by atoms with Gasteiger partial charge in [0.1, 0.15) is 5.75 Å². The first-order valence-electron chi connectivity index (χ1n) is 6.00. The van der Waals surface area contributed by atoms with Gasteiger partial charge in [0.25, 0.3) is 10.0 Å². The Morgan fingerprint density at radius 2 is 1.71 bits per heavy atom. The lowest BCUT2D eigenvalue weighted by molar-refractivity contribution is -0.0579. The highest BCUT2D eigenvalue weighted by atomic mass is 32.2. The number of benzene rings is 1. The van der Waals surface area contributed by atoms with Gasteiger partial charge >= 0.3 is 6.03 Å². The minimum atomic E-state index is -4.06. The molecule has 1 aromatic carbocycles. The van der Waals surface area contributed by atoms with Crippen LogP contribution in [-0.2, 0) is 19.5 Å². The van der Waals surface area contributed by atoms with Gasteiger partial charge in [0.05, 0.1) is 12.0 Å². The van der Waals surface area contributed by atoms with Crippen molar-refractivity contribution in [1.29, 1.82) is 0 Å². The van der Waals surface area contributed by atoms with Gasteiger partial charge in [-0.1, -0.05) is 0 Å². The van der Waals surface area contributed by atoms with E-state index in [9.17, 15) is 13.2 Å². The predicted octanol–water partition coefficient (Wildman–Crippen LogP) is 0.354. The van der Waals surface area contributed by atoms with E-state index < -0.39 is 28.5 Å². The number of methoxy groups -OCH3 is 3. The van der Waals surface area contributed by atoms with Gasteiger partial charge in [-0.2, -0.15) is 4.31 Å². The van der Waals surface area contributed by atoms with Gasteiger partial charge in [-0.25, -0.2) is 13.2 Å². The van der Waals surface area contributed by atoms with E-state index in [4.69, 9.17) is 14.2 Å². The van der Waals surface area contributed by atoms with Crippen molar-refractivity contribution >= 4 is 16.1 Å². The van der Waals surface area contributed by atoms with Crippen LogP contribution in [0.15, 0.2) is 29.2 Å². The van der Waals surface area contributed by atoms with Crippen LogP contribution in [0, 0.1) is 0 Å². The number of urea groups is 1. The van der Waals surface area contributed by atoms with Crippen molar-refractivity contribution in [3.63, 3.8) is 0 Å². The fourth-order valence-electron chi connectivity index (χ4n) is 2.00. The Morgan fingerprint density at radius 1 is 1.10 bits per heavy atom. The lowest BCUT2D eigenvalue weighted by Gasteiger charge is -2.23. The van der Waals surface area contributed by atoms with Crippen LogP contribution < -0.4 is 10.1 Å². The van der Waals surface area contributed by atoms with Crippen molar-refractivity contribution in [3.05, 3.63) is 24.3 Å². The summed E-state index contributed by atoms with van der Waals surface area (Å²) in [4.78, 5) is 11.9. The number of nitrogens with one attached hydrogen (secondary N) is 1. The second-order valence-corrected chi connectivity index (χ2v) is 6.02. The minimum absolute atomic E-state index is 0.0442. The van der Waals surface area contributed by atoms with Crippen molar-refractivity contribution < 1.29 is 27.4 Å². The van der Waals surface area contributed by atoms with Gasteiger partial charge < -0.3 is 19.5 Å². The molecule has 0 radical (unpaired) electrons. The van der Waals surface area contributed by atoms with Gasteiger partial charge in [-0.15, -0.1) is 0 Å². The molecule has 1 saturated heterocycles. The summed E-state index contributed by atoms with van der Waals surface area (Å²) >= 11 is 0. The molecule has 1 heterocycles. The van der Waals surface area contributed by atoms with Crippen LogP contribution in [0.1, 0.15) is 0 Å². The highest BCUT2D eigenvalue weighted by Gasteiger charge is 2.47. The molecule has 9 heteroatoms. The van der Waals surface area contributed by atoms with Gasteiger partial charge in [0.15, 0.2) is 12.5 Å². The Balaban J connectivity index is 2.39. The van der Waals surface area contributed by atoms with Crippen molar-refractivity contribution in [1.82, 2.24) is 9.62 Å². The average Bonchev–Trinajstić information content (AvgIpc) is 2.83. The fourth-order valence-corrected chi connectivity index (χ4v) is 3.45. The summed E-state index contributed by atoms with van der Waals surface area (Å²) in [5.74, 6) is 0.512. The summed E-state index contributed by atoms with van der Waals surface area (Å²) in [5, 5.41) is 2.39. The van der Waals surface area contributed by atoms with E-state index in [1.165, 1.54) is 45.6 Å². The van der Waals surface area contributed by atoms with Crippen molar-refractivity contribution in [2.75, 3.05) is 21.3 Å². The zero-order chi connectivity index (χ0) is 15.6. The third-order valence-electron chi connectivity index (χ3n) is 3.07. The van der Waals surface area contributed by atoms with Crippen LogP contribution in [-0.4, -0.2) is 52.5 Å². The second-order valence-electron chi connectivity index (χ2n) is 4.21. The molecule has 0 aromatic heterocycles. The van der Waals surface area contributed by atoms with E-state index in [1.54, 1.807) is 0 Å². The molecule has 1 aromatic rings. The molecule has 1 N–H and O–H groups in total. The molecular weight excluding hydrogens is 300 g/mol. The second kappa shape index (κ2) is 5.88. The molecule has 21 heavy (non-hydrogen) atoms. The third-order valence-corrected chi connectivity index (χ3v) is 4.83. The molecule has 116 valence electrons. The predicted molar refractivity (Wildman–Crippen MR) is 72.1 cm³/mol. The maximum absolute atomic E-state index is 12.6. The van der Waals surface area contributed by atoms with Crippen LogP contribution in [0.2, 0.25) is 0 Å². The topological polar surface area (TPSA) is 94.2 Å².